The number of benzene rings is 1. The summed E-state index contributed by atoms with van der Waals surface area (Å²) in [6, 6.07) is 6.71. The molecule has 5 heteroatoms. The Morgan fingerprint density at radius 2 is 2.11 bits per heavy atom. The molecule has 1 heterocycles. The molecule has 2 aromatic rings. The van der Waals surface area contributed by atoms with Gasteiger partial charge in [0, 0.05) is 18.6 Å². The number of aromatic amines is 1. The van der Waals surface area contributed by atoms with Crippen LogP contribution in [0.4, 0.5) is 0 Å². The predicted molar refractivity (Wildman–Crippen MR) is 71.5 cm³/mol. The molecule has 0 aliphatic heterocycles. The Kier molecular flexibility index (Phi) is 3.97. The van der Waals surface area contributed by atoms with Gasteiger partial charge in [-0.15, -0.1) is 0 Å². The van der Waals surface area contributed by atoms with Gasteiger partial charge in [-0.05, 0) is 18.1 Å². The van der Waals surface area contributed by atoms with Crippen molar-refractivity contribution in [3.63, 3.8) is 0 Å². The number of fused-ring (bicyclic) bond motifs is 1. The summed E-state index contributed by atoms with van der Waals surface area (Å²) in [5.41, 5.74) is 1.55. The zero-order chi connectivity index (χ0) is 13.8. The van der Waals surface area contributed by atoms with Crippen molar-refractivity contribution in [1.82, 2.24) is 4.98 Å². The number of rotatable bonds is 4. The minimum Gasteiger partial charge on any atom is -0.464 e. The molecule has 1 aromatic carbocycles. The van der Waals surface area contributed by atoms with E-state index in [9.17, 15) is 9.59 Å². The molecule has 100 valence electrons. The van der Waals surface area contributed by atoms with Crippen LogP contribution in [0.25, 0.3) is 10.9 Å². The summed E-state index contributed by atoms with van der Waals surface area (Å²) in [6.45, 7) is 0.545. The minimum absolute atomic E-state index is 0.157. The second-order valence-electron chi connectivity index (χ2n) is 4.12. The molecule has 19 heavy (non-hydrogen) atoms. The van der Waals surface area contributed by atoms with Gasteiger partial charge in [-0.3, -0.25) is 4.79 Å². The molecule has 0 bridgehead atoms. The Balaban J connectivity index is 2.62. The molecule has 2 rings (SSSR count). The lowest BCUT2D eigenvalue weighted by Crippen LogP contribution is -2.12. The molecule has 5 nitrogen and oxygen atoms in total. The van der Waals surface area contributed by atoms with E-state index in [1.54, 1.807) is 13.2 Å². The number of aromatic nitrogens is 1. The summed E-state index contributed by atoms with van der Waals surface area (Å²) in [4.78, 5) is 26.5. The molecular weight excluding hydrogens is 246 g/mol. The van der Waals surface area contributed by atoms with Crippen LogP contribution in [0.5, 0.6) is 0 Å². The maximum atomic E-state index is 12.0. The maximum absolute atomic E-state index is 12.0. The van der Waals surface area contributed by atoms with Crippen molar-refractivity contribution < 1.29 is 14.3 Å². The number of H-pyrrole nitrogens is 1. The zero-order valence-electron chi connectivity index (χ0n) is 10.9. The van der Waals surface area contributed by atoms with Crippen LogP contribution < -0.4 is 5.43 Å². The topological polar surface area (TPSA) is 68.4 Å². The van der Waals surface area contributed by atoms with E-state index in [1.807, 2.05) is 12.1 Å². The molecule has 0 radical (unpaired) electrons. The normalized spacial score (nSPS) is 10.6. The Labute approximate surface area is 110 Å². The quantitative estimate of drug-likeness (QED) is 0.847. The molecule has 0 aliphatic rings. The van der Waals surface area contributed by atoms with E-state index in [4.69, 9.17) is 4.74 Å². The van der Waals surface area contributed by atoms with Gasteiger partial charge < -0.3 is 14.5 Å². The largest absolute Gasteiger partial charge is 0.464 e. The summed E-state index contributed by atoms with van der Waals surface area (Å²) in [7, 11) is 2.90. The van der Waals surface area contributed by atoms with E-state index in [2.05, 4.69) is 9.72 Å². The molecule has 0 fully saturated rings. The van der Waals surface area contributed by atoms with Crippen LogP contribution >= 0.6 is 0 Å². The Morgan fingerprint density at radius 1 is 1.32 bits per heavy atom. The highest BCUT2D eigenvalue weighted by molar-refractivity contribution is 5.91. The van der Waals surface area contributed by atoms with Crippen molar-refractivity contribution in [2.24, 2.45) is 0 Å². The van der Waals surface area contributed by atoms with Crippen molar-refractivity contribution in [2.75, 3.05) is 20.8 Å². The van der Waals surface area contributed by atoms with Crippen molar-refractivity contribution in [3.8, 4) is 0 Å². The first-order valence-electron chi connectivity index (χ1n) is 5.89. The second-order valence-corrected chi connectivity index (χ2v) is 4.12. The number of nitrogens with one attached hydrogen (secondary N) is 1. The van der Waals surface area contributed by atoms with Gasteiger partial charge in [0.1, 0.15) is 5.69 Å². The average Bonchev–Trinajstić information content (AvgIpc) is 2.44. The fraction of sp³-hybridized carbons (Fsp3) is 0.286. The van der Waals surface area contributed by atoms with Crippen LogP contribution in [0.2, 0.25) is 0 Å². The monoisotopic (exact) mass is 261 g/mol. The lowest BCUT2D eigenvalue weighted by atomic mass is 10.1. The number of para-hydroxylation sites is 1. The first-order valence-corrected chi connectivity index (χ1v) is 5.89. The summed E-state index contributed by atoms with van der Waals surface area (Å²) < 4.78 is 9.67. The first kappa shape index (κ1) is 13.3. The molecule has 0 aliphatic carbocycles. The van der Waals surface area contributed by atoms with Gasteiger partial charge in [-0.2, -0.15) is 0 Å². The van der Waals surface area contributed by atoms with Gasteiger partial charge in [0.05, 0.1) is 19.2 Å². The van der Waals surface area contributed by atoms with E-state index in [1.165, 1.54) is 13.2 Å². The van der Waals surface area contributed by atoms with Crippen LogP contribution in [0.1, 0.15) is 16.1 Å². The molecular formula is C14H15NO4. The van der Waals surface area contributed by atoms with Gasteiger partial charge >= 0.3 is 5.97 Å². The summed E-state index contributed by atoms with van der Waals surface area (Å²) >= 11 is 0. The minimum atomic E-state index is -0.555. The Hall–Kier alpha value is -2.14. The molecule has 0 atom stereocenters. The highest BCUT2D eigenvalue weighted by atomic mass is 16.5. The van der Waals surface area contributed by atoms with Gasteiger partial charge in [-0.1, -0.05) is 12.1 Å². The Bertz CT molecular complexity index is 660. The number of hydrogen-bond donors (Lipinski definition) is 1. The van der Waals surface area contributed by atoms with Crippen LogP contribution in [-0.4, -0.2) is 31.8 Å². The van der Waals surface area contributed by atoms with Crippen LogP contribution in [0.3, 0.4) is 0 Å². The lowest BCUT2D eigenvalue weighted by Gasteiger charge is -2.07. The summed E-state index contributed by atoms with van der Waals surface area (Å²) in [5, 5.41) is 0.557. The molecule has 1 N–H and O–H groups in total. The van der Waals surface area contributed by atoms with Gasteiger partial charge in [0.15, 0.2) is 5.43 Å². The molecule has 0 saturated carbocycles. The van der Waals surface area contributed by atoms with Crippen molar-refractivity contribution in [1.29, 1.82) is 0 Å². The highest BCUT2D eigenvalue weighted by Crippen LogP contribution is 2.15. The fourth-order valence-electron chi connectivity index (χ4n) is 1.97. The van der Waals surface area contributed by atoms with E-state index < -0.39 is 5.97 Å². The molecule has 1 aromatic heterocycles. The van der Waals surface area contributed by atoms with E-state index in [0.29, 0.717) is 23.9 Å². The number of hydrogen-bond acceptors (Lipinski definition) is 4. The number of esters is 1. The van der Waals surface area contributed by atoms with E-state index in [0.717, 1.165) is 5.56 Å². The zero-order valence-corrected chi connectivity index (χ0v) is 10.9. The number of ether oxygens (including phenoxy) is 2. The standard InChI is InChI=1S/C14H15NO4/c1-18-7-6-9-4-3-5-10-12(16)8-11(14(17)19-2)15-13(9)10/h3-5,8H,6-7H2,1-2H3,(H,15,16). The lowest BCUT2D eigenvalue weighted by molar-refractivity contribution is 0.0594. The van der Waals surface area contributed by atoms with Crippen molar-refractivity contribution >= 4 is 16.9 Å². The molecule has 0 amide bonds. The third-order valence-electron chi connectivity index (χ3n) is 2.93. The third-order valence-corrected chi connectivity index (χ3v) is 2.93. The molecule has 0 saturated heterocycles. The van der Waals surface area contributed by atoms with Gasteiger partial charge in [0.2, 0.25) is 0 Å². The van der Waals surface area contributed by atoms with Crippen LogP contribution in [-0.2, 0) is 15.9 Å². The summed E-state index contributed by atoms with van der Waals surface area (Å²) in [5.74, 6) is -0.555. The van der Waals surface area contributed by atoms with E-state index in [-0.39, 0.29) is 11.1 Å². The predicted octanol–water partition coefficient (Wildman–Crippen LogP) is 1.50. The Morgan fingerprint density at radius 3 is 2.79 bits per heavy atom. The number of methoxy groups -OCH3 is 2. The molecule has 0 unspecified atom stereocenters. The maximum Gasteiger partial charge on any atom is 0.354 e. The first-order chi connectivity index (χ1) is 9.17. The number of carbonyl (C=O) groups excluding carboxylic acids is 1. The van der Waals surface area contributed by atoms with Crippen molar-refractivity contribution in [2.45, 2.75) is 6.42 Å². The van der Waals surface area contributed by atoms with Crippen LogP contribution in [0.15, 0.2) is 29.1 Å². The van der Waals surface area contributed by atoms with Gasteiger partial charge in [-0.25, -0.2) is 4.79 Å². The number of pyridine rings is 1. The fourth-order valence-corrected chi connectivity index (χ4v) is 1.97. The van der Waals surface area contributed by atoms with E-state index >= 15 is 0 Å². The average molecular weight is 261 g/mol. The van der Waals surface area contributed by atoms with Gasteiger partial charge in [0.25, 0.3) is 0 Å². The smallest absolute Gasteiger partial charge is 0.354 e. The number of carbonyl (C=O) groups is 1. The highest BCUT2D eigenvalue weighted by Gasteiger charge is 2.11. The van der Waals surface area contributed by atoms with Crippen molar-refractivity contribution in [3.05, 3.63) is 45.7 Å². The molecule has 0 spiro atoms. The summed E-state index contributed by atoms with van der Waals surface area (Å²) in [6.07, 6.45) is 0.661. The SMILES string of the molecule is COCCc1cccc2c(=O)cc(C(=O)OC)[nH]c12. The van der Waals surface area contributed by atoms with Crippen LogP contribution in [0, 0.1) is 0 Å². The second kappa shape index (κ2) is 5.67. The third kappa shape index (κ3) is 2.66.